The van der Waals surface area contributed by atoms with E-state index in [0.29, 0.717) is 17.7 Å². The molecule has 17 heavy (non-hydrogen) atoms. The Morgan fingerprint density at radius 2 is 1.94 bits per heavy atom. The maximum absolute atomic E-state index is 11.9. The van der Waals surface area contributed by atoms with Crippen LogP contribution in [0, 0.1) is 11.8 Å². The van der Waals surface area contributed by atoms with E-state index in [1.54, 1.807) is 0 Å². The largest absolute Gasteiger partial charge is 0.340 e. The van der Waals surface area contributed by atoms with Crippen LogP contribution in [-0.4, -0.2) is 55.0 Å². The van der Waals surface area contributed by atoms with E-state index in [0.717, 1.165) is 45.7 Å². The minimum absolute atomic E-state index is 0.374. The van der Waals surface area contributed by atoms with E-state index in [1.165, 1.54) is 12.8 Å². The Balaban J connectivity index is 1.67. The van der Waals surface area contributed by atoms with E-state index in [9.17, 15) is 4.79 Å². The van der Waals surface area contributed by atoms with E-state index < -0.39 is 0 Å². The Bertz CT molecular complexity index is 257. The number of nitrogens with two attached hydrogens (primary N) is 1. The van der Waals surface area contributed by atoms with Gasteiger partial charge in [0.2, 0.25) is 5.91 Å². The molecule has 1 heterocycles. The second-order valence-electron chi connectivity index (χ2n) is 5.67. The Labute approximate surface area is 104 Å². The van der Waals surface area contributed by atoms with Gasteiger partial charge in [-0.15, -0.1) is 0 Å². The lowest BCUT2D eigenvalue weighted by Crippen LogP contribution is -2.50. The molecule has 2 rings (SSSR count). The van der Waals surface area contributed by atoms with Crippen LogP contribution < -0.4 is 5.73 Å². The molecule has 1 atom stereocenters. The summed E-state index contributed by atoms with van der Waals surface area (Å²) >= 11 is 0. The van der Waals surface area contributed by atoms with Gasteiger partial charge in [0.1, 0.15) is 0 Å². The van der Waals surface area contributed by atoms with Crippen molar-refractivity contribution in [1.29, 1.82) is 0 Å². The number of carbonyl (C=O) groups excluding carboxylic acids is 1. The first kappa shape index (κ1) is 12.8. The quantitative estimate of drug-likeness (QED) is 0.761. The number of hydrogen-bond donors (Lipinski definition) is 1. The Kier molecular flexibility index (Phi) is 4.40. The summed E-state index contributed by atoms with van der Waals surface area (Å²) in [5, 5.41) is 0. The first-order valence-corrected chi connectivity index (χ1v) is 6.89. The molecule has 0 bridgehead atoms. The summed E-state index contributed by atoms with van der Waals surface area (Å²) in [5.41, 5.74) is 5.64. The molecule has 0 spiro atoms. The number of hydrogen-bond acceptors (Lipinski definition) is 3. The predicted octanol–water partition coefficient (Wildman–Crippen LogP) is 0.526. The molecule has 2 fully saturated rings. The molecule has 1 unspecified atom stereocenters. The van der Waals surface area contributed by atoms with Gasteiger partial charge >= 0.3 is 0 Å². The maximum Gasteiger partial charge on any atom is 0.222 e. The average molecular weight is 239 g/mol. The summed E-state index contributed by atoms with van der Waals surface area (Å²) in [5.74, 6) is 1.64. The van der Waals surface area contributed by atoms with Crippen molar-refractivity contribution in [2.45, 2.75) is 26.2 Å². The van der Waals surface area contributed by atoms with Crippen molar-refractivity contribution >= 4 is 5.91 Å². The van der Waals surface area contributed by atoms with Gasteiger partial charge in [-0.1, -0.05) is 6.92 Å². The van der Waals surface area contributed by atoms with Crippen molar-refractivity contribution in [2.24, 2.45) is 17.6 Å². The van der Waals surface area contributed by atoms with Crippen molar-refractivity contribution in [2.75, 3.05) is 39.3 Å². The molecular weight excluding hydrogens is 214 g/mol. The maximum atomic E-state index is 11.9. The van der Waals surface area contributed by atoms with Crippen LogP contribution in [0.15, 0.2) is 0 Å². The Morgan fingerprint density at radius 1 is 1.29 bits per heavy atom. The van der Waals surface area contributed by atoms with Crippen LogP contribution in [0.4, 0.5) is 0 Å². The monoisotopic (exact) mass is 239 g/mol. The fourth-order valence-electron chi connectivity index (χ4n) is 2.39. The highest BCUT2D eigenvalue weighted by Crippen LogP contribution is 2.32. The molecule has 2 aliphatic rings. The predicted molar refractivity (Wildman–Crippen MR) is 68.6 cm³/mol. The summed E-state index contributed by atoms with van der Waals surface area (Å²) < 4.78 is 0. The van der Waals surface area contributed by atoms with Crippen LogP contribution >= 0.6 is 0 Å². The SMILES string of the molecule is CC(CN)CN1CCN(C(=O)CC2CC2)CC1. The first-order valence-electron chi connectivity index (χ1n) is 6.89. The van der Waals surface area contributed by atoms with Crippen molar-refractivity contribution in [3.8, 4) is 0 Å². The third-order valence-corrected chi connectivity index (χ3v) is 3.86. The molecule has 1 aliphatic heterocycles. The number of nitrogens with zero attached hydrogens (tertiary/aromatic N) is 2. The van der Waals surface area contributed by atoms with Gasteiger partial charge in [-0.05, 0) is 31.2 Å². The third kappa shape index (κ3) is 3.96. The molecule has 0 radical (unpaired) electrons. The van der Waals surface area contributed by atoms with Crippen LogP contribution in [0.25, 0.3) is 0 Å². The van der Waals surface area contributed by atoms with E-state index in [4.69, 9.17) is 5.73 Å². The van der Waals surface area contributed by atoms with Crippen LogP contribution in [0.5, 0.6) is 0 Å². The molecule has 4 nitrogen and oxygen atoms in total. The van der Waals surface area contributed by atoms with E-state index in [-0.39, 0.29) is 0 Å². The highest BCUT2D eigenvalue weighted by Gasteiger charge is 2.28. The lowest BCUT2D eigenvalue weighted by atomic mass is 10.1. The second-order valence-corrected chi connectivity index (χ2v) is 5.67. The van der Waals surface area contributed by atoms with Crippen molar-refractivity contribution in [3.63, 3.8) is 0 Å². The normalized spacial score (nSPS) is 23.8. The lowest BCUT2D eigenvalue weighted by molar-refractivity contribution is -0.133. The van der Waals surface area contributed by atoms with Crippen LogP contribution in [0.3, 0.4) is 0 Å². The summed E-state index contributed by atoms with van der Waals surface area (Å²) in [6, 6.07) is 0. The summed E-state index contributed by atoms with van der Waals surface area (Å²) in [6.07, 6.45) is 3.32. The smallest absolute Gasteiger partial charge is 0.222 e. The molecule has 2 N–H and O–H groups in total. The van der Waals surface area contributed by atoms with Crippen LogP contribution in [0.2, 0.25) is 0 Å². The van der Waals surface area contributed by atoms with Crippen molar-refractivity contribution < 1.29 is 4.79 Å². The van der Waals surface area contributed by atoms with Gasteiger partial charge in [0.05, 0.1) is 0 Å². The Hall–Kier alpha value is -0.610. The summed E-state index contributed by atoms with van der Waals surface area (Å²) in [4.78, 5) is 16.4. The fraction of sp³-hybridized carbons (Fsp3) is 0.923. The zero-order valence-electron chi connectivity index (χ0n) is 10.9. The van der Waals surface area contributed by atoms with Crippen LogP contribution in [0.1, 0.15) is 26.2 Å². The molecule has 0 aromatic rings. The number of carbonyl (C=O) groups is 1. The molecule has 0 aromatic carbocycles. The standard InChI is InChI=1S/C13H25N3O/c1-11(9-14)10-15-4-6-16(7-5-15)13(17)8-12-2-3-12/h11-12H,2-10,14H2,1H3. The zero-order valence-corrected chi connectivity index (χ0v) is 10.9. The Morgan fingerprint density at radius 3 is 2.47 bits per heavy atom. The molecule has 98 valence electrons. The fourth-order valence-corrected chi connectivity index (χ4v) is 2.39. The van der Waals surface area contributed by atoms with E-state index in [2.05, 4.69) is 11.8 Å². The van der Waals surface area contributed by atoms with Crippen molar-refractivity contribution in [1.82, 2.24) is 9.80 Å². The topological polar surface area (TPSA) is 49.6 Å². The highest BCUT2D eigenvalue weighted by atomic mass is 16.2. The highest BCUT2D eigenvalue weighted by molar-refractivity contribution is 5.76. The second kappa shape index (κ2) is 5.83. The summed E-state index contributed by atoms with van der Waals surface area (Å²) in [6.45, 7) is 7.85. The molecule has 4 heteroatoms. The van der Waals surface area contributed by atoms with Gasteiger partial charge in [-0.3, -0.25) is 9.69 Å². The molecular formula is C13H25N3O. The van der Waals surface area contributed by atoms with Gasteiger partial charge in [0.15, 0.2) is 0 Å². The van der Waals surface area contributed by atoms with Crippen LogP contribution in [-0.2, 0) is 4.79 Å². The van der Waals surface area contributed by atoms with Gasteiger partial charge in [-0.2, -0.15) is 0 Å². The molecule has 0 aromatic heterocycles. The zero-order chi connectivity index (χ0) is 12.3. The molecule has 1 saturated heterocycles. The summed E-state index contributed by atoms with van der Waals surface area (Å²) in [7, 11) is 0. The van der Waals surface area contributed by atoms with Gasteiger partial charge in [0, 0.05) is 39.1 Å². The van der Waals surface area contributed by atoms with Gasteiger partial charge < -0.3 is 10.6 Å². The van der Waals surface area contributed by atoms with Crippen molar-refractivity contribution in [3.05, 3.63) is 0 Å². The average Bonchev–Trinajstić information content (AvgIpc) is 3.13. The lowest BCUT2D eigenvalue weighted by Gasteiger charge is -2.35. The third-order valence-electron chi connectivity index (χ3n) is 3.86. The molecule has 1 saturated carbocycles. The minimum Gasteiger partial charge on any atom is -0.340 e. The molecule has 1 aliphatic carbocycles. The minimum atomic E-state index is 0.374. The number of rotatable bonds is 5. The van der Waals surface area contributed by atoms with Gasteiger partial charge in [-0.25, -0.2) is 0 Å². The van der Waals surface area contributed by atoms with Gasteiger partial charge in [0.25, 0.3) is 0 Å². The van der Waals surface area contributed by atoms with E-state index >= 15 is 0 Å². The number of piperazine rings is 1. The number of amides is 1. The first-order chi connectivity index (χ1) is 8.19. The molecule has 1 amide bonds. The van der Waals surface area contributed by atoms with E-state index in [1.807, 2.05) is 4.90 Å².